The number of benzene rings is 2. The topological polar surface area (TPSA) is 102 Å². The molecule has 9 heteroatoms. The summed E-state index contributed by atoms with van der Waals surface area (Å²) in [6.45, 7) is 9.28. The molecule has 0 spiro atoms. The summed E-state index contributed by atoms with van der Waals surface area (Å²) >= 11 is 0. The molecule has 36 heavy (non-hydrogen) atoms. The number of alkyl carbamates (subject to hydrolysis) is 1. The van der Waals surface area contributed by atoms with Crippen molar-refractivity contribution in [2.75, 3.05) is 32.0 Å². The Kier molecular flexibility index (Phi) is 8.79. The summed E-state index contributed by atoms with van der Waals surface area (Å²) in [4.78, 5) is 24.6. The first-order valence-electron chi connectivity index (χ1n) is 12.2. The minimum atomic E-state index is -3.91. The van der Waals surface area contributed by atoms with E-state index in [1.54, 1.807) is 20.8 Å². The van der Waals surface area contributed by atoms with Gasteiger partial charge in [0.05, 0.1) is 0 Å². The summed E-state index contributed by atoms with van der Waals surface area (Å²) in [5, 5.41) is 2.64. The lowest BCUT2D eigenvalue weighted by atomic mass is 9.98. The van der Waals surface area contributed by atoms with E-state index in [-0.39, 0.29) is 38.1 Å². The molecule has 0 atom stereocenters. The second kappa shape index (κ2) is 11.4. The Morgan fingerprint density at radius 3 is 2.08 bits per heavy atom. The average Bonchev–Trinajstić information content (AvgIpc) is 3.09. The van der Waals surface area contributed by atoms with Gasteiger partial charge in [-0.1, -0.05) is 62.4 Å². The van der Waals surface area contributed by atoms with Crippen LogP contribution in [0.3, 0.4) is 0 Å². The van der Waals surface area contributed by atoms with Crippen molar-refractivity contribution in [1.29, 1.82) is 0 Å². The highest BCUT2D eigenvalue weighted by Crippen LogP contribution is 2.44. The van der Waals surface area contributed by atoms with Crippen molar-refractivity contribution in [3.05, 3.63) is 59.7 Å². The Morgan fingerprint density at radius 1 is 1.00 bits per heavy atom. The smallest absolute Gasteiger partial charge is 0.407 e. The van der Waals surface area contributed by atoms with Crippen molar-refractivity contribution in [3.8, 4) is 11.1 Å². The number of amides is 1. The van der Waals surface area contributed by atoms with Crippen molar-refractivity contribution in [1.82, 2.24) is 9.62 Å². The lowest BCUT2D eigenvalue weighted by Crippen LogP contribution is -2.43. The summed E-state index contributed by atoms with van der Waals surface area (Å²) in [7, 11) is -3.91. The molecule has 0 heterocycles. The average molecular weight is 517 g/mol. The minimum Gasteiger partial charge on any atom is -0.459 e. The Bertz CT molecular complexity index is 1140. The maximum atomic E-state index is 12.9. The summed E-state index contributed by atoms with van der Waals surface area (Å²) in [5.74, 6) is -1.58. The van der Waals surface area contributed by atoms with Gasteiger partial charge >= 0.3 is 12.1 Å². The first-order chi connectivity index (χ1) is 16.9. The van der Waals surface area contributed by atoms with E-state index in [0.717, 1.165) is 22.3 Å². The van der Waals surface area contributed by atoms with E-state index in [0.29, 0.717) is 0 Å². The molecule has 1 N–H and O–H groups in total. The Morgan fingerprint density at radius 2 is 1.56 bits per heavy atom. The number of esters is 1. The Balaban J connectivity index is 1.55. The van der Waals surface area contributed by atoms with Crippen LogP contribution in [0.25, 0.3) is 11.1 Å². The first kappa shape index (κ1) is 27.7. The van der Waals surface area contributed by atoms with E-state index in [2.05, 4.69) is 17.4 Å². The molecule has 1 aliphatic carbocycles. The first-order valence-corrected chi connectivity index (χ1v) is 13.8. The molecular weight excluding hydrogens is 480 g/mol. The second-order valence-corrected chi connectivity index (χ2v) is 12.3. The zero-order valence-electron chi connectivity index (χ0n) is 21.6. The van der Waals surface area contributed by atoms with Crippen LogP contribution in [0.4, 0.5) is 4.79 Å². The van der Waals surface area contributed by atoms with Crippen molar-refractivity contribution in [3.63, 3.8) is 0 Å². The number of hydrogen-bond donors (Lipinski definition) is 1. The SMILES string of the molecule is CC(C)CN(CCNC(=O)OCC1c2ccccc2-c2ccccc21)S(=O)(=O)CC(=O)OC(C)(C)C. The van der Waals surface area contributed by atoms with E-state index >= 15 is 0 Å². The fourth-order valence-corrected chi connectivity index (χ4v) is 5.73. The highest BCUT2D eigenvalue weighted by Gasteiger charge is 2.30. The molecule has 8 nitrogen and oxygen atoms in total. The highest BCUT2D eigenvalue weighted by molar-refractivity contribution is 7.89. The number of sulfonamides is 1. The van der Waals surface area contributed by atoms with Gasteiger partial charge in [-0.3, -0.25) is 4.79 Å². The van der Waals surface area contributed by atoms with Crippen LogP contribution in [-0.2, 0) is 24.3 Å². The monoisotopic (exact) mass is 516 g/mol. The van der Waals surface area contributed by atoms with Gasteiger partial charge in [-0.05, 0) is 48.9 Å². The molecule has 0 bridgehead atoms. The van der Waals surface area contributed by atoms with Gasteiger partial charge in [0.2, 0.25) is 10.0 Å². The molecular formula is C27H36N2O6S. The summed E-state index contributed by atoms with van der Waals surface area (Å²) in [6.07, 6.45) is -0.620. The van der Waals surface area contributed by atoms with Crippen LogP contribution in [0.2, 0.25) is 0 Å². The van der Waals surface area contributed by atoms with Crippen LogP contribution in [0, 0.1) is 5.92 Å². The number of rotatable bonds is 10. The maximum Gasteiger partial charge on any atom is 0.407 e. The lowest BCUT2D eigenvalue weighted by Gasteiger charge is -2.25. The number of fused-ring (bicyclic) bond motifs is 3. The fraction of sp³-hybridized carbons (Fsp3) is 0.481. The molecule has 0 fully saturated rings. The molecule has 0 aliphatic heterocycles. The van der Waals surface area contributed by atoms with Crippen LogP contribution < -0.4 is 5.32 Å². The van der Waals surface area contributed by atoms with Crippen LogP contribution in [0.5, 0.6) is 0 Å². The molecule has 0 unspecified atom stereocenters. The summed E-state index contributed by atoms with van der Waals surface area (Å²) in [6, 6.07) is 16.1. The van der Waals surface area contributed by atoms with Crippen molar-refractivity contribution >= 4 is 22.1 Å². The Labute approximate surface area is 214 Å². The summed E-state index contributed by atoms with van der Waals surface area (Å²) < 4.78 is 37.6. The molecule has 196 valence electrons. The van der Waals surface area contributed by atoms with E-state index in [1.165, 1.54) is 4.31 Å². The largest absolute Gasteiger partial charge is 0.459 e. The highest BCUT2D eigenvalue weighted by atomic mass is 32.2. The van der Waals surface area contributed by atoms with Crippen molar-refractivity contribution in [2.45, 2.75) is 46.1 Å². The Hall–Kier alpha value is -2.91. The predicted octanol–water partition coefficient (Wildman–Crippen LogP) is 4.15. The third kappa shape index (κ3) is 7.30. The molecule has 0 radical (unpaired) electrons. The van der Waals surface area contributed by atoms with Gasteiger partial charge in [0, 0.05) is 25.6 Å². The molecule has 1 amide bonds. The summed E-state index contributed by atoms with van der Waals surface area (Å²) in [5.41, 5.74) is 3.73. The standard InChI is InChI=1S/C27H36N2O6S/c1-19(2)16-29(36(32,33)18-25(30)35-27(3,4)5)15-14-28-26(31)34-17-24-22-12-8-6-10-20(22)21-11-7-9-13-23(21)24/h6-13,19,24H,14-18H2,1-5H3,(H,28,31). The number of carbonyl (C=O) groups is 2. The molecule has 1 aliphatic rings. The zero-order chi connectivity index (χ0) is 26.5. The van der Waals surface area contributed by atoms with Crippen LogP contribution in [-0.4, -0.2) is 62.4 Å². The fourth-order valence-electron chi connectivity index (χ4n) is 4.29. The van der Waals surface area contributed by atoms with Gasteiger partial charge in [-0.2, -0.15) is 4.31 Å². The van der Waals surface area contributed by atoms with Gasteiger partial charge in [0.15, 0.2) is 5.75 Å². The van der Waals surface area contributed by atoms with Crippen LogP contribution in [0.15, 0.2) is 48.5 Å². The minimum absolute atomic E-state index is 0.0213. The normalized spacial score (nSPS) is 13.4. The predicted molar refractivity (Wildman–Crippen MR) is 139 cm³/mol. The van der Waals surface area contributed by atoms with E-state index in [4.69, 9.17) is 9.47 Å². The van der Waals surface area contributed by atoms with Gasteiger partial charge in [0.25, 0.3) is 0 Å². The van der Waals surface area contributed by atoms with Crippen molar-refractivity contribution in [2.24, 2.45) is 5.92 Å². The molecule has 2 aromatic rings. The van der Waals surface area contributed by atoms with Gasteiger partial charge in [-0.15, -0.1) is 0 Å². The molecule has 0 saturated heterocycles. The van der Waals surface area contributed by atoms with Crippen LogP contribution in [0.1, 0.15) is 51.7 Å². The maximum absolute atomic E-state index is 12.9. The van der Waals surface area contributed by atoms with E-state index < -0.39 is 33.4 Å². The number of hydrogen-bond acceptors (Lipinski definition) is 6. The second-order valence-electron chi connectivity index (χ2n) is 10.3. The third-order valence-corrected chi connectivity index (χ3v) is 7.38. The molecule has 0 saturated carbocycles. The van der Waals surface area contributed by atoms with Gasteiger partial charge < -0.3 is 14.8 Å². The number of carbonyl (C=O) groups excluding carboxylic acids is 2. The number of nitrogens with zero attached hydrogens (tertiary/aromatic N) is 1. The quantitative estimate of drug-likeness (QED) is 0.476. The molecule has 3 rings (SSSR count). The van der Waals surface area contributed by atoms with Crippen molar-refractivity contribution < 1.29 is 27.5 Å². The van der Waals surface area contributed by atoms with Gasteiger partial charge in [0.1, 0.15) is 12.2 Å². The number of nitrogens with one attached hydrogen (secondary N) is 1. The van der Waals surface area contributed by atoms with E-state index in [1.807, 2.05) is 50.2 Å². The zero-order valence-corrected chi connectivity index (χ0v) is 22.4. The third-order valence-electron chi connectivity index (χ3n) is 5.66. The van der Waals surface area contributed by atoms with Gasteiger partial charge in [-0.25, -0.2) is 13.2 Å². The van der Waals surface area contributed by atoms with E-state index in [9.17, 15) is 18.0 Å². The number of ether oxygens (including phenoxy) is 2. The van der Waals surface area contributed by atoms with Crippen LogP contribution >= 0.6 is 0 Å². The molecule has 2 aromatic carbocycles. The lowest BCUT2D eigenvalue weighted by molar-refractivity contribution is -0.151. The molecule has 0 aromatic heterocycles.